The molecule has 0 heterocycles. The maximum atomic E-state index is 12.5. The molecule has 0 bridgehead atoms. The van der Waals surface area contributed by atoms with Crippen LogP contribution in [0.25, 0.3) is 0 Å². The van der Waals surface area contributed by atoms with Gasteiger partial charge in [-0.2, -0.15) is 0 Å². The molecule has 3 N–H and O–H groups in total. The zero-order valence-electron chi connectivity index (χ0n) is 32.2. The molecule has 0 aromatic heterocycles. The second-order valence-corrected chi connectivity index (χ2v) is 14.9. The van der Waals surface area contributed by atoms with Crippen molar-refractivity contribution >= 4 is 25.5 Å². The van der Waals surface area contributed by atoms with Crippen molar-refractivity contribution in [2.45, 2.75) is 155 Å². The van der Waals surface area contributed by atoms with Crippen LogP contribution in [-0.2, 0) is 37.5 Å². The van der Waals surface area contributed by atoms with Gasteiger partial charge in [-0.3, -0.25) is 23.4 Å². The van der Waals surface area contributed by atoms with Gasteiger partial charge in [0.15, 0.2) is 11.9 Å². The molecule has 0 saturated heterocycles. The van der Waals surface area contributed by atoms with Crippen LogP contribution in [0, 0.1) is 5.92 Å². The fraction of sp³-hybridized carbons (Fsp3) is 0.725. The number of carbonyl (C=O) groups excluding carboxylic acids is 3. The van der Waals surface area contributed by atoms with E-state index in [1.54, 1.807) is 6.08 Å². The fourth-order valence-electron chi connectivity index (χ4n) is 4.84. The van der Waals surface area contributed by atoms with Gasteiger partial charge < -0.3 is 24.6 Å². The molecule has 1 unspecified atom stereocenters. The van der Waals surface area contributed by atoms with Gasteiger partial charge in [0.05, 0.1) is 19.8 Å². The summed E-state index contributed by atoms with van der Waals surface area (Å²) < 4.78 is 32.4. The summed E-state index contributed by atoms with van der Waals surface area (Å²) in [5.74, 6) is -0.577. The molecule has 12 heteroatoms. The normalized spacial score (nSPS) is 14.5. The molecule has 11 nitrogen and oxygen atoms in total. The molecule has 3 atom stereocenters. The third kappa shape index (κ3) is 34.7. The number of unbranched alkanes of at least 4 members (excludes halogenated alkanes) is 10. The van der Waals surface area contributed by atoms with Crippen LogP contribution >= 0.6 is 7.82 Å². The molecule has 0 rings (SSSR count). The Hall–Kier alpha value is -2.40. The lowest BCUT2D eigenvalue weighted by Crippen LogP contribution is -2.29. The zero-order valence-corrected chi connectivity index (χ0v) is 33.1. The Bertz CT molecular complexity index is 1080. The molecule has 0 aliphatic carbocycles. The molecule has 0 aromatic rings. The van der Waals surface area contributed by atoms with Crippen LogP contribution in [0.2, 0.25) is 0 Å². The van der Waals surface area contributed by atoms with Gasteiger partial charge in [-0.25, -0.2) is 4.57 Å². The summed E-state index contributed by atoms with van der Waals surface area (Å²) in [5.41, 5.74) is 0. The van der Waals surface area contributed by atoms with E-state index >= 15 is 0 Å². The summed E-state index contributed by atoms with van der Waals surface area (Å²) in [5, 5.41) is 18.3. The number of ether oxygens (including phenoxy) is 2. The third-order valence-corrected chi connectivity index (χ3v) is 8.84. The van der Waals surface area contributed by atoms with Crippen molar-refractivity contribution in [3.05, 3.63) is 48.6 Å². The van der Waals surface area contributed by atoms with Crippen molar-refractivity contribution in [3.8, 4) is 0 Å². The monoisotopic (exact) mass is 756 g/mol. The minimum atomic E-state index is -4.67. The van der Waals surface area contributed by atoms with Crippen molar-refractivity contribution in [1.29, 1.82) is 0 Å². The number of hydrogen-bond acceptors (Lipinski definition) is 10. The summed E-state index contributed by atoms with van der Waals surface area (Å²) in [7, 11) is -4.67. The van der Waals surface area contributed by atoms with Crippen LogP contribution in [-0.4, -0.2) is 71.5 Å². The highest BCUT2D eigenvalue weighted by molar-refractivity contribution is 7.47. The molecule has 0 fully saturated rings. The first-order chi connectivity index (χ1) is 25.0. The van der Waals surface area contributed by atoms with Gasteiger partial charge in [0, 0.05) is 19.3 Å². The van der Waals surface area contributed by atoms with E-state index in [0.717, 1.165) is 44.4 Å². The number of aliphatic hydroxyl groups is 2. The Morgan fingerprint density at radius 1 is 0.692 bits per heavy atom. The number of carbonyl (C=O) groups is 3. The Labute approximate surface area is 313 Å². The SMILES string of the molecule is CCCCC/C=C\C/C=C\C/C=C\C=C\C(=O)CCCC(=O)OC[C@H](COP(=O)(O)OC[C@@H](O)CO)OC(=O)CCCCCCCCCCC(C)C. The van der Waals surface area contributed by atoms with E-state index in [1.807, 2.05) is 12.2 Å². The summed E-state index contributed by atoms with van der Waals surface area (Å²) in [6.45, 7) is 4.30. The average molecular weight is 757 g/mol. The van der Waals surface area contributed by atoms with Crippen molar-refractivity contribution < 1.29 is 52.6 Å². The molecular weight excluding hydrogens is 687 g/mol. The molecule has 0 spiro atoms. The first-order valence-corrected chi connectivity index (χ1v) is 20.9. The van der Waals surface area contributed by atoms with Gasteiger partial charge in [0.25, 0.3) is 0 Å². The standard InChI is InChI=1S/C40H69O11P/c1-4-5-6-7-8-9-10-11-12-13-17-20-23-27-36(42)28-25-30-39(44)48-33-38(34-50-52(46,47)49-32-37(43)31-41)51-40(45)29-24-21-18-15-14-16-19-22-26-35(2)3/h8-9,11-12,17,20,23,27,35,37-38,41,43H,4-7,10,13-16,18-19,21-22,24-26,28-34H2,1-3H3,(H,46,47)/b9-8-,12-11-,20-17-,27-23+/t37-,38+/m0/s1. The van der Waals surface area contributed by atoms with Crippen molar-refractivity contribution in [2.24, 2.45) is 5.92 Å². The number of aliphatic hydroxyl groups excluding tert-OH is 2. The minimum Gasteiger partial charge on any atom is -0.462 e. The van der Waals surface area contributed by atoms with Gasteiger partial charge in [-0.1, -0.05) is 128 Å². The summed E-state index contributed by atoms with van der Waals surface area (Å²) in [6.07, 6.45) is 29.7. The van der Waals surface area contributed by atoms with Crippen LogP contribution in [0.1, 0.15) is 143 Å². The van der Waals surface area contributed by atoms with Crippen LogP contribution < -0.4 is 0 Å². The summed E-state index contributed by atoms with van der Waals surface area (Å²) in [4.78, 5) is 47.0. The lowest BCUT2D eigenvalue weighted by atomic mass is 10.0. The summed E-state index contributed by atoms with van der Waals surface area (Å²) >= 11 is 0. The molecule has 0 aliphatic heterocycles. The molecule has 0 saturated carbocycles. The Balaban J connectivity index is 4.57. The van der Waals surface area contributed by atoms with E-state index in [4.69, 9.17) is 19.1 Å². The van der Waals surface area contributed by atoms with E-state index < -0.39 is 58.4 Å². The van der Waals surface area contributed by atoms with Crippen molar-refractivity contribution in [3.63, 3.8) is 0 Å². The van der Waals surface area contributed by atoms with Gasteiger partial charge >= 0.3 is 19.8 Å². The highest BCUT2D eigenvalue weighted by Crippen LogP contribution is 2.43. The number of ketones is 1. The maximum Gasteiger partial charge on any atom is 0.472 e. The Morgan fingerprint density at radius 3 is 1.98 bits per heavy atom. The lowest BCUT2D eigenvalue weighted by molar-refractivity contribution is -0.161. The zero-order chi connectivity index (χ0) is 38.7. The van der Waals surface area contributed by atoms with E-state index in [2.05, 4.69) is 49.6 Å². The first kappa shape index (κ1) is 49.6. The largest absolute Gasteiger partial charge is 0.472 e. The highest BCUT2D eigenvalue weighted by atomic mass is 31.2. The van der Waals surface area contributed by atoms with Crippen LogP contribution in [0.3, 0.4) is 0 Å². The Morgan fingerprint density at radius 2 is 1.31 bits per heavy atom. The molecule has 0 radical (unpaired) electrons. The maximum absolute atomic E-state index is 12.5. The molecule has 0 aliphatic rings. The van der Waals surface area contributed by atoms with Crippen LogP contribution in [0.15, 0.2) is 48.6 Å². The predicted octanol–water partition coefficient (Wildman–Crippen LogP) is 8.81. The molecule has 300 valence electrons. The van der Waals surface area contributed by atoms with Gasteiger partial charge in [-0.05, 0) is 50.5 Å². The topological polar surface area (TPSA) is 166 Å². The van der Waals surface area contributed by atoms with E-state index in [0.29, 0.717) is 6.42 Å². The first-order valence-electron chi connectivity index (χ1n) is 19.4. The van der Waals surface area contributed by atoms with Gasteiger partial charge in [0.1, 0.15) is 12.7 Å². The second kappa shape index (κ2) is 34.4. The van der Waals surface area contributed by atoms with Crippen LogP contribution in [0.4, 0.5) is 0 Å². The fourth-order valence-corrected chi connectivity index (χ4v) is 5.62. The highest BCUT2D eigenvalue weighted by Gasteiger charge is 2.27. The molecule has 0 amide bonds. The molecular formula is C40H69O11P. The van der Waals surface area contributed by atoms with Crippen molar-refractivity contribution in [2.75, 3.05) is 26.4 Å². The number of esters is 2. The predicted molar refractivity (Wildman–Crippen MR) is 205 cm³/mol. The number of phosphoric ester groups is 1. The second-order valence-electron chi connectivity index (χ2n) is 13.5. The van der Waals surface area contributed by atoms with E-state index in [9.17, 15) is 28.9 Å². The summed E-state index contributed by atoms with van der Waals surface area (Å²) in [6, 6.07) is 0. The number of hydrogen-bond donors (Lipinski definition) is 3. The smallest absolute Gasteiger partial charge is 0.462 e. The quantitative estimate of drug-likeness (QED) is 0.0141. The third-order valence-electron chi connectivity index (χ3n) is 7.89. The average Bonchev–Trinajstić information content (AvgIpc) is 3.11. The number of rotatable bonds is 35. The minimum absolute atomic E-state index is 0.0484. The number of phosphoric acid groups is 1. The molecule has 52 heavy (non-hydrogen) atoms. The van der Waals surface area contributed by atoms with Crippen molar-refractivity contribution in [1.82, 2.24) is 0 Å². The van der Waals surface area contributed by atoms with Gasteiger partial charge in [-0.15, -0.1) is 0 Å². The van der Waals surface area contributed by atoms with E-state index in [-0.39, 0.29) is 31.5 Å². The number of allylic oxidation sites excluding steroid dienone is 8. The Kier molecular flexibility index (Phi) is 32.8. The van der Waals surface area contributed by atoms with E-state index in [1.165, 1.54) is 57.4 Å². The molecule has 0 aromatic carbocycles. The van der Waals surface area contributed by atoms with Gasteiger partial charge in [0.2, 0.25) is 0 Å². The lowest BCUT2D eigenvalue weighted by Gasteiger charge is -2.20. The van der Waals surface area contributed by atoms with Crippen LogP contribution in [0.5, 0.6) is 0 Å².